The largest absolute Gasteiger partial charge is 0.460 e. The lowest BCUT2D eigenvalue weighted by molar-refractivity contribution is -0.376. The Morgan fingerprint density at radius 3 is 1.71 bits per heavy atom. The maximum absolute atomic E-state index is 11.0. The van der Waals surface area contributed by atoms with Gasteiger partial charge in [-0.1, -0.05) is 11.6 Å². The van der Waals surface area contributed by atoms with Crippen LogP contribution in [0.25, 0.3) is 10.9 Å². The zero-order chi connectivity index (χ0) is 32.7. The number of aromatic amines is 1. The van der Waals surface area contributed by atoms with E-state index in [2.05, 4.69) is 20.9 Å². The van der Waals surface area contributed by atoms with Crippen molar-refractivity contribution in [2.45, 2.75) is 92.1 Å². The predicted octanol–water partition coefficient (Wildman–Crippen LogP) is -3.59. The summed E-state index contributed by atoms with van der Waals surface area (Å²) in [6.07, 6.45) is -23.6. The summed E-state index contributed by atoms with van der Waals surface area (Å²) < 4.78 is 34.1. The molecule has 0 aliphatic carbocycles. The van der Waals surface area contributed by atoms with Crippen LogP contribution in [0, 0.1) is 0 Å². The molecule has 0 spiro atoms. The van der Waals surface area contributed by atoms with Crippen LogP contribution in [0.1, 0.15) is 0 Å². The molecule has 0 saturated carbocycles. The monoisotopic (exact) mass is 731 g/mol. The molecule has 19 heteroatoms. The maximum atomic E-state index is 11.0. The van der Waals surface area contributed by atoms with Gasteiger partial charge in [-0.25, -0.2) is 0 Å². The molecule has 0 radical (unpaired) electrons. The first-order valence-corrected chi connectivity index (χ1v) is 15.1. The number of benzene rings is 1. The van der Waals surface area contributed by atoms with Gasteiger partial charge in [0.15, 0.2) is 12.6 Å². The number of aliphatic hydroxyl groups excluding tert-OH is 10. The van der Waals surface area contributed by atoms with Gasteiger partial charge < -0.3 is 84.5 Å². The van der Waals surface area contributed by atoms with Crippen molar-refractivity contribution < 1.29 is 79.5 Å². The summed E-state index contributed by atoms with van der Waals surface area (Å²) in [5, 5.41) is 104. The van der Waals surface area contributed by atoms with Crippen LogP contribution in [0.5, 0.6) is 5.75 Å². The molecular weight excluding hydrogens is 698 g/mol. The van der Waals surface area contributed by atoms with Gasteiger partial charge in [0.1, 0.15) is 79.0 Å². The van der Waals surface area contributed by atoms with Crippen molar-refractivity contribution >= 4 is 38.4 Å². The Labute approximate surface area is 268 Å². The molecule has 254 valence electrons. The number of aromatic nitrogens is 1. The lowest BCUT2D eigenvalue weighted by Crippen LogP contribution is -2.66. The molecule has 3 aliphatic rings. The molecule has 5 rings (SSSR count). The second kappa shape index (κ2) is 14.5. The molecule has 1 aromatic carbocycles. The third kappa shape index (κ3) is 6.72. The van der Waals surface area contributed by atoms with E-state index in [9.17, 15) is 51.1 Å². The number of nitrogens with one attached hydrogen (secondary N) is 1. The van der Waals surface area contributed by atoms with Gasteiger partial charge in [-0.05, 0) is 28.1 Å². The van der Waals surface area contributed by atoms with E-state index in [-0.39, 0.29) is 5.75 Å². The van der Waals surface area contributed by atoms with Crippen LogP contribution in [-0.2, 0) is 23.7 Å². The highest BCUT2D eigenvalue weighted by Crippen LogP contribution is 2.39. The molecule has 15 atom stereocenters. The number of hydrogen-bond donors (Lipinski definition) is 11. The van der Waals surface area contributed by atoms with Crippen molar-refractivity contribution in [1.82, 2.24) is 4.98 Å². The fraction of sp³-hybridized carbons (Fsp3) is 0.692. The average Bonchev–Trinajstić information content (AvgIpc) is 3.45. The number of rotatable bonds is 9. The first-order valence-electron chi connectivity index (χ1n) is 13.9. The van der Waals surface area contributed by atoms with Crippen LogP contribution in [0.3, 0.4) is 0 Å². The van der Waals surface area contributed by atoms with Gasteiger partial charge in [-0.2, -0.15) is 0 Å². The Hall–Kier alpha value is -1.27. The Balaban J connectivity index is 1.27. The van der Waals surface area contributed by atoms with Crippen LogP contribution in [0.15, 0.2) is 22.8 Å². The molecule has 1 aromatic heterocycles. The second-order valence-electron chi connectivity index (χ2n) is 10.9. The van der Waals surface area contributed by atoms with Gasteiger partial charge in [0.2, 0.25) is 6.29 Å². The summed E-state index contributed by atoms with van der Waals surface area (Å²) >= 11 is 9.72. The van der Waals surface area contributed by atoms with Crippen LogP contribution >= 0.6 is 27.5 Å². The summed E-state index contributed by atoms with van der Waals surface area (Å²) in [5.74, 6) is 0.175. The molecule has 2 aromatic rings. The quantitative estimate of drug-likeness (QED) is 0.119. The standard InChI is InChI=1S/C26H35BrClNO16/c27-7-1-2-8-13(14(7)28)9(3-29-8)40-24-20(38)17(35)22(11(5-31)42-24)45-26-21(39)18(36)23(12(6-32)43-26)44-25-19(37)16(34)15(33)10(4-30)41-25/h1-3,10-12,15-26,29-39H,4-6H2. The van der Waals surface area contributed by atoms with E-state index in [4.69, 9.17) is 40.0 Å². The van der Waals surface area contributed by atoms with Gasteiger partial charge in [0, 0.05) is 10.7 Å². The minimum absolute atomic E-state index is 0.175. The lowest BCUT2D eigenvalue weighted by atomic mass is 9.96. The van der Waals surface area contributed by atoms with Gasteiger partial charge in [-0.15, -0.1) is 0 Å². The zero-order valence-electron chi connectivity index (χ0n) is 23.2. The smallest absolute Gasteiger partial charge is 0.229 e. The van der Waals surface area contributed by atoms with Crippen molar-refractivity contribution in [3.05, 3.63) is 27.8 Å². The number of H-pyrrole nitrogens is 1. The van der Waals surface area contributed by atoms with Gasteiger partial charge in [0.25, 0.3) is 0 Å². The fourth-order valence-corrected chi connectivity index (χ4v) is 6.07. The first kappa shape index (κ1) is 35.0. The Bertz CT molecular complexity index is 1290. The SMILES string of the molecule is OCC1OC(OC2C(CO)OC(OC3C(CO)OC(Oc4c[nH]c5ccc(Br)c(Cl)c45)C(O)C3O)C(O)C2O)C(O)C(O)C1O. The van der Waals surface area contributed by atoms with Crippen molar-refractivity contribution in [2.24, 2.45) is 0 Å². The van der Waals surface area contributed by atoms with Crippen molar-refractivity contribution in [3.8, 4) is 5.75 Å². The summed E-state index contributed by atoms with van der Waals surface area (Å²) in [7, 11) is 0. The van der Waals surface area contributed by atoms with Gasteiger partial charge in [-0.3, -0.25) is 0 Å². The minimum atomic E-state index is -1.94. The van der Waals surface area contributed by atoms with Crippen LogP contribution in [-0.4, -0.2) is 168 Å². The van der Waals surface area contributed by atoms with E-state index in [0.717, 1.165) is 0 Å². The molecule has 3 fully saturated rings. The molecule has 3 saturated heterocycles. The summed E-state index contributed by atoms with van der Waals surface area (Å²) in [5.41, 5.74) is 0.609. The third-order valence-electron chi connectivity index (χ3n) is 8.02. The highest BCUT2D eigenvalue weighted by molar-refractivity contribution is 9.10. The molecule has 17 nitrogen and oxygen atoms in total. The Morgan fingerprint density at radius 1 is 0.667 bits per heavy atom. The van der Waals surface area contributed by atoms with E-state index in [1.807, 2.05) is 0 Å². The predicted molar refractivity (Wildman–Crippen MR) is 151 cm³/mol. The average molecular weight is 733 g/mol. The molecule has 0 amide bonds. The van der Waals surface area contributed by atoms with Crippen LogP contribution in [0.2, 0.25) is 5.02 Å². The van der Waals surface area contributed by atoms with Crippen molar-refractivity contribution in [3.63, 3.8) is 0 Å². The van der Waals surface area contributed by atoms with Crippen LogP contribution in [0.4, 0.5) is 0 Å². The topological polar surface area (TPSA) is 273 Å². The van der Waals surface area contributed by atoms with E-state index in [1.54, 1.807) is 12.1 Å². The normalized spacial score (nSPS) is 42.6. The van der Waals surface area contributed by atoms with Crippen molar-refractivity contribution in [1.29, 1.82) is 0 Å². The molecule has 3 aliphatic heterocycles. The highest BCUT2D eigenvalue weighted by Gasteiger charge is 2.53. The molecule has 4 heterocycles. The second-order valence-corrected chi connectivity index (χ2v) is 12.1. The van der Waals surface area contributed by atoms with Crippen LogP contribution < -0.4 is 4.74 Å². The lowest BCUT2D eigenvalue weighted by Gasteiger charge is -2.48. The maximum Gasteiger partial charge on any atom is 0.229 e. The number of aliphatic hydroxyl groups is 10. The molecule has 15 unspecified atom stereocenters. The fourth-order valence-electron chi connectivity index (χ4n) is 5.49. The molecule has 0 bridgehead atoms. The molecular formula is C26H35BrClNO16. The number of hydrogen-bond acceptors (Lipinski definition) is 16. The Kier molecular flexibility index (Phi) is 11.3. The Morgan fingerprint density at radius 2 is 1.16 bits per heavy atom. The highest BCUT2D eigenvalue weighted by atomic mass is 79.9. The number of fused-ring (bicyclic) bond motifs is 1. The van der Waals surface area contributed by atoms with Crippen molar-refractivity contribution in [2.75, 3.05) is 19.8 Å². The summed E-state index contributed by atoms with van der Waals surface area (Å²) in [4.78, 5) is 2.96. The van der Waals surface area contributed by atoms with Gasteiger partial charge >= 0.3 is 0 Å². The van der Waals surface area contributed by atoms with Gasteiger partial charge in [0.05, 0.1) is 35.7 Å². The molecule has 11 N–H and O–H groups in total. The van der Waals surface area contributed by atoms with E-state index in [0.29, 0.717) is 20.4 Å². The van der Waals surface area contributed by atoms with E-state index >= 15 is 0 Å². The third-order valence-corrected chi connectivity index (χ3v) is 9.30. The first-order chi connectivity index (χ1) is 21.4. The number of halogens is 2. The summed E-state index contributed by atoms with van der Waals surface area (Å²) in [6.45, 7) is -2.34. The summed E-state index contributed by atoms with van der Waals surface area (Å²) in [6, 6.07) is 3.45. The van der Waals surface area contributed by atoms with E-state index in [1.165, 1.54) is 6.20 Å². The number of ether oxygens (including phenoxy) is 6. The zero-order valence-corrected chi connectivity index (χ0v) is 25.5. The molecule has 45 heavy (non-hydrogen) atoms. The van der Waals surface area contributed by atoms with E-state index < -0.39 is 112 Å². The minimum Gasteiger partial charge on any atom is -0.460 e.